The Kier molecular flexibility index (Phi) is 30.3. The van der Waals surface area contributed by atoms with Crippen LogP contribution in [-0.2, 0) is 46.5 Å². The van der Waals surface area contributed by atoms with E-state index in [9.17, 15) is 44.7 Å². The van der Waals surface area contributed by atoms with Gasteiger partial charge in [-0.25, -0.2) is 9.48 Å². The number of carbonyl (C=O) groups is 4. The zero-order valence-electron chi connectivity index (χ0n) is 38.1. The maximum absolute atomic E-state index is 14.0. The van der Waals surface area contributed by atoms with Gasteiger partial charge in [0.2, 0.25) is 11.8 Å². The third-order valence-corrected chi connectivity index (χ3v) is 11.6. The second-order valence-electron chi connectivity index (χ2n) is 17.1. The third kappa shape index (κ3) is 24.0. The molecule has 2 rings (SSSR count). The molecule has 0 aliphatic carbocycles. The van der Waals surface area contributed by atoms with Crippen molar-refractivity contribution < 1.29 is 64.0 Å². The van der Waals surface area contributed by atoms with E-state index in [-0.39, 0.29) is 44.6 Å². The van der Waals surface area contributed by atoms with E-state index in [4.69, 9.17) is 19.3 Å². The number of carboxylic acids is 2. The number of nitrogens with one attached hydrogen (secondary N) is 2. The number of carbonyl (C=O) groups excluding carboxylic acids is 2. The number of rotatable bonds is 39. The second kappa shape index (κ2) is 34.1. The molecule has 364 valence electrons. The quantitative estimate of drug-likeness (QED) is 0.0414. The molecule has 2 unspecified atom stereocenters. The van der Waals surface area contributed by atoms with E-state index >= 15 is 0 Å². The lowest BCUT2D eigenvalue weighted by Gasteiger charge is -2.39. The molecule has 0 radical (unpaired) electrons. The summed E-state index contributed by atoms with van der Waals surface area (Å²) in [6, 6.07) is -2.78. The first-order valence-electron chi connectivity index (χ1n) is 23.9. The molecule has 1 aromatic rings. The molecule has 2 heterocycles. The van der Waals surface area contributed by atoms with Gasteiger partial charge in [0.25, 0.3) is 0 Å². The third-order valence-electron chi connectivity index (χ3n) is 11.6. The highest BCUT2D eigenvalue weighted by Crippen LogP contribution is 2.23. The van der Waals surface area contributed by atoms with Gasteiger partial charge in [0.1, 0.15) is 42.2 Å². The summed E-state index contributed by atoms with van der Waals surface area (Å²) in [5.74, 6) is -4.09. The Hall–Kier alpha value is -3.26. The van der Waals surface area contributed by atoms with E-state index in [2.05, 4.69) is 34.8 Å². The van der Waals surface area contributed by atoms with Crippen molar-refractivity contribution in [3.05, 3.63) is 11.9 Å². The van der Waals surface area contributed by atoms with E-state index in [0.717, 1.165) is 51.4 Å². The maximum atomic E-state index is 14.0. The fourth-order valence-corrected chi connectivity index (χ4v) is 7.70. The number of hydrogen-bond donors (Lipinski definition) is 8. The maximum Gasteiger partial charge on any atom is 0.326 e. The smallest absolute Gasteiger partial charge is 0.326 e. The first kappa shape index (κ1) is 55.9. The van der Waals surface area contributed by atoms with Gasteiger partial charge in [0, 0.05) is 12.3 Å². The zero-order valence-corrected chi connectivity index (χ0v) is 38.1. The minimum absolute atomic E-state index is 0.0489. The molecular weight excluding hydrogens is 819 g/mol. The van der Waals surface area contributed by atoms with Crippen molar-refractivity contribution in [3.63, 3.8) is 0 Å². The molecule has 0 saturated carbocycles. The van der Waals surface area contributed by atoms with Crippen molar-refractivity contribution in [2.45, 2.75) is 224 Å². The lowest BCUT2D eigenvalue weighted by Crippen LogP contribution is -2.59. The monoisotopic (exact) mass is 900 g/mol. The highest BCUT2D eigenvalue weighted by atomic mass is 16.7. The molecular formula is C45H81N5O13. The van der Waals surface area contributed by atoms with Crippen LogP contribution in [0.15, 0.2) is 6.20 Å². The number of ether oxygens (including phenoxy) is 3. The molecule has 1 aromatic heterocycles. The SMILES string of the molecule is CCCCCCCCCCCCC(CCCCCCCCCCCC)C(=O)N[C@@H](COCc1cn(CCO[C@@H]2OC(CO)[C@@H](O)[C@H](O)C2O)nn1)C(=O)N[C@H](CCC(=O)O)C(=O)O. The number of aromatic nitrogens is 3. The molecule has 0 spiro atoms. The van der Waals surface area contributed by atoms with Gasteiger partial charge in [-0.3, -0.25) is 14.4 Å². The van der Waals surface area contributed by atoms with E-state index < -0.39 is 73.7 Å². The lowest BCUT2D eigenvalue weighted by atomic mass is 9.93. The number of hydrogen-bond acceptors (Lipinski definition) is 13. The number of carboxylic acid groups (broad SMARTS) is 2. The van der Waals surface area contributed by atoms with Crippen LogP contribution in [-0.4, -0.2) is 132 Å². The van der Waals surface area contributed by atoms with Gasteiger partial charge in [-0.2, -0.15) is 0 Å². The highest BCUT2D eigenvalue weighted by Gasteiger charge is 2.44. The van der Waals surface area contributed by atoms with Crippen molar-refractivity contribution in [2.24, 2.45) is 5.92 Å². The number of nitrogens with zero attached hydrogens (tertiary/aromatic N) is 3. The van der Waals surface area contributed by atoms with Crippen LogP contribution in [0.2, 0.25) is 0 Å². The normalized spacial score (nSPS) is 19.8. The fraction of sp³-hybridized carbons (Fsp3) is 0.867. The average molecular weight is 900 g/mol. The number of unbranched alkanes of at least 4 members (excludes halogenated alkanes) is 18. The van der Waals surface area contributed by atoms with Gasteiger partial charge < -0.3 is 55.5 Å². The van der Waals surface area contributed by atoms with Gasteiger partial charge in [-0.1, -0.05) is 147 Å². The Bertz CT molecular complexity index is 1360. The van der Waals surface area contributed by atoms with E-state index in [1.165, 1.54) is 81.7 Å². The Labute approximate surface area is 374 Å². The van der Waals surface area contributed by atoms with Crippen LogP contribution < -0.4 is 10.6 Å². The minimum Gasteiger partial charge on any atom is -0.481 e. The summed E-state index contributed by atoms with van der Waals surface area (Å²) in [6.45, 7) is 3.46. The Morgan fingerprint density at radius 1 is 0.714 bits per heavy atom. The number of aliphatic hydroxyl groups is 4. The number of amides is 2. The van der Waals surface area contributed by atoms with Gasteiger partial charge in [0.05, 0.1) is 39.2 Å². The van der Waals surface area contributed by atoms with Crippen LogP contribution in [0.4, 0.5) is 0 Å². The molecule has 18 heteroatoms. The molecule has 1 aliphatic rings. The topological polar surface area (TPSA) is 272 Å². The summed E-state index contributed by atoms with van der Waals surface area (Å²) in [7, 11) is 0. The number of aliphatic carboxylic acids is 2. The summed E-state index contributed by atoms with van der Waals surface area (Å²) in [5.41, 5.74) is 0.359. The molecule has 1 saturated heterocycles. The highest BCUT2D eigenvalue weighted by molar-refractivity contribution is 5.91. The van der Waals surface area contributed by atoms with Crippen LogP contribution in [0, 0.1) is 5.92 Å². The largest absolute Gasteiger partial charge is 0.481 e. The Morgan fingerprint density at radius 3 is 1.75 bits per heavy atom. The molecule has 7 atom stereocenters. The summed E-state index contributed by atoms with van der Waals surface area (Å²) < 4.78 is 18.1. The van der Waals surface area contributed by atoms with Crippen molar-refractivity contribution in [3.8, 4) is 0 Å². The Morgan fingerprint density at radius 2 is 1.24 bits per heavy atom. The molecule has 63 heavy (non-hydrogen) atoms. The van der Waals surface area contributed by atoms with Gasteiger partial charge in [-0.15, -0.1) is 5.10 Å². The Balaban J connectivity index is 2.05. The molecule has 18 nitrogen and oxygen atoms in total. The van der Waals surface area contributed by atoms with Gasteiger partial charge in [0.15, 0.2) is 6.29 Å². The van der Waals surface area contributed by atoms with Crippen molar-refractivity contribution in [2.75, 3.05) is 19.8 Å². The summed E-state index contributed by atoms with van der Waals surface area (Å²) in [5, 5.41) is 71.8. The fourth-order valence-electron chi connectivity index (χ4n) is 7.70. The predicted molar refractivity (Wildman–Crippen MR) is 234 cm³/mol. The van der Waals surface area contributed by atoms with Gasteiger partial charge >= 0.3 is 11.9 Å². The first-order valence-corrected chi connectivity index (χ1v) is 23.9. The van der Waals surface area contributed by atoms with Crippen LogP contribution in [0.1, 0.15) is 174 Å². The first-order chi connectivity index (χ1) is 30.4. The van der Waals surface area contributed by atoms with Crippen molar-refractivity contribution >= 4 is 23.8 Å². The van der Waals surface area contributed by atoms with Crippen LogP contribution in [0.5, 0.6) is 0 Å². The van der Waals surface area contributed by atoms with E-state index in [0.29, 0.717) is 18.5 Å². The molecule has 0 bridgehead atoms. The van der Waals surface area contributed by atoms with Crippen LogP contribution >= 0.6 is 0 Å². The van der Waals surface area contributed by atoms with Gasteiger partial charge in [-0.05, 0) is 19.3 Å². The molecule has 1 aliphatic heterocycles. The van der Waals surface area contributed by atoms with Crippen molar-refractivity contribution in [1.29, 1.82) is 0 Å². The summed E-state index contributed by atoms with van der Waals surface area (Å²) in [6.07, 6.45) is 18.3. The summed E-state index contributed by atoms with van der Waals surface area (Å²) >= 11 is 0. The molecule has 8 N–H and O–H groups in total. The zero-order chi connectivity index (χ0) is 46.2. The average Bonchev–Trinajstić information content (AvgIpc) is 3.72. The second-order valence-corrected chi connectivity index (χ2v) is 17.1. The summed E-state index contributed by atoms with van der Waals surface area (Å²) in [4.78, 5) is 50.8. The molecule has 2 amide bonds. The molecule has 1 fully saturated rings. The van der Waals surface area contributed by atoms with Crippen LogP contribution in [0.3, 0.4) is 0 Å². The number of aliphatic hydroxyl groups excluding tert-OH is 4. The van der Waals surface area contributed by atoms with E-state index in [1.54, 1.807) is 6.20 Å². The predicted octanol–water partition coefficient (Wildman–Crippen LogP) is 4.77. The van der Waals surface area contributed by atoms with Crippen molar-refractivity contribution in [1.82, 2.24) is 25.6 Å². The lowest BCUT2D eigenvalue weighted by molar-refractivity contribution is -0.301. The van der Waals surface area contributed by atoms with Crippen LogP contribution in [0.25, 0.3) is 0 Å². The molecule has 0 aromatic carbocycles. The minimum atomic E-state index is -1.58. The standard InChI is InChI=1S/C45H81N5O13/c1-3-5-7-9-11-13-15-17-19-21-23-33(24-22-20-18-16-14-12-10-8-6-4-2)42(57)47-36(43(58)46-35(44(59)60)25-26-38(52)53)32-61-31-34-29-50(49-48-34)27-28-62-45-41(56)40(55)39(54)37(30-51)63-45/h29,33,35-37,39-41,45,51,54-56H,3-28,30-32H2,1-2H3,(H,46,58)(H,47,57)(H,52,53)(H,59,60)/t35-,36+,37?,39-,40+,41?,45-/m1/s1. The van der Waals surface area contributed by atoms with E-state index in [1.807, 2.05) is 0 Å².